The number of hydrogen-bond donors (Lipinski definition) is 2. The Hall–Kier alpha value is -3.16. The van der Waals surface area contributed by atoms with Crippen LogP contribution < -0.4 is 16.2 Å². The summed E-state index contributed by atoms with van der Waals surface area (Å²) < 4.78 is 7.67. The summed E-state index contributed by atoms with van der Waals surface area (Å²) in [5.41, 5.74) is 14.4. The van der Waals surface area contributed by atoms with Gasteiger partial charge in [0.2, 0.25) is 5.95 Å². The number of benzene rings is 1. The zero-order chi connectivity index (χ0) is 17.3. The summed E-state index contributed by atoms with van der Waals surface area (Å²) in [5.74, 6) is 1.59. The zero-order valence-electron chi connectivity index (χ0n) is 13.8. The number of nitrogen functional groups attached to an aromatic ring is 2. The van der Waals surface area contributed by atoms with Crippen molar-refractivity contribution in [3.8, 4) is 17.2 Å². The summed E-state index contributed by atoms with van der Waals surface area (Å²) in [6, 6.07) is 3.99. The maximum atomic E-state index is 5.98. The van der Waals surface area contributed by atoms with Crippen LogP contribution in [0.3, 0.4) is 0 Å². The van der Waals surface area contributed by atoms with Crippen LogP contribution in [0, 0.1) is 6.92 Å². The lowest BCUT2D eigenvalue weighted by molar-refractivity contribution is 0.470. The van der Waals surface area contributed by atoms with E-state index in [1.54, 1.807) is 17.1 Å². The molecule has 124 valence electrons. The monoisotopic (exact) mass is 325 g/mol. The number of nitrogens with zero attached hydrogens (tertiary/aromatic N) is 5. The Balaban J connectivity index is 2.09. The van der Waals surface area contributed by atoms with E-state index in [2.05, 4.69) is 40.2 Å². The highest BCUT2D eigenvalue weighted by atomic mass is 16.5. The van der Waals surface area contributed by atoms with E-state index >= 15 is 0 Å². The molecule has 8 heteroatoms. The van der Waals surface area contributed by atoms with Gasteiger partial charge in [-0.3, -0.25) is 0 Å². The van der Waals surface area contributed by atoms with Crippen LogP contribution in [0.1, 0.15) is 30.9 Å². The predicted molar refractivity (Wildman–Crippen MR) is 91.1 cm³/mol. The summed E-state index contributed by atoms with van der Waals surface area (Å²) >= 11 is 0. The Morgan fingerprint density at radius 3 is 2.58 bits per heavy atom. The second kappa shape index (κ2) is 6.15. The third-order valence-electron chi connectivity index (χ3n) is 3.64. The fraction of sp³-hybridized carbons (Fsp3) is 0.250. The second-order valence-corrected chi connectivity index (χ2v) is 5.76. The molecule has 1 aromatic carbocycles. The first-order chi connectivity index (χ1) is 11.5. The van der Waals surface area contributed by atoms with E-state index in [1.165, 1.54) is 6.20 Å². The molecule has 0 saturated carbocycles. The van der Waals surface area contributed by atoms with Gasteiger partial charge in [0.25, 0.3) is 0 Å². The molecule has 0 aliphatic carbocycles. The molecule has 3 rings (SSSR count). The molecule has 0 aliphatic rings. The molecular weight excluding hydrogens is 306 g/mol. The van der Waals surface area contributed by atoms with Crippen molar-refractivity contribution in [3.63, 3.8) is 0 Å². The normalized spacial score (nSPS) is 11.0. The van der Waals surface area contributed by atoms with Gasteiger partial charge in [-0.2, -0.15) is 4.98 Å². The lowest BCUT2D eigenvalue weighted by atomic mass is 9.99. The Morgan fingerprint density at radius 1 is 1.17 bits per heavy atom. The van der Waals surface area contributed by atoms with E-state index < -0.39 is 0 Å². The van der Waals surface area contributed by atoms with Crippen LogP contribution in [0.5, 0.6) is 11.5 Å². The van der Waals surface area contributed by atoms with Gasteiger partial charge in [-0.05, 0) is 30.0 Å². The van der Waals surface area contributed by atoms with Gasteiger partial charge in [-0.25, -0.2) is 9.67 Å². The highest BCUT2D eigenvalue weighted by Crippen LogP contribution is 2.35. The van der Waals surface area contributed by atoms with Crippen LogP contribution in [-0.2, 0) is 0 Å². The van der Waals surface area contributed by atoms with Crippen molar-refractivity contribution in [1.29, 1.82) is 0 Å². The molecule has 0 radical (unpaired) electrons. The number of anilines is 2. The first-order valence-corrected chi connectivity index (χ1v) is 7.52. The van der Waals surface area contributed by atoms with Crippen molar-refractivity contribution in [2.45, 2.75) is 26.7 Å². The Labute approximate surface area is 139 Å². The smallest absolute Gasteiger partial charge is 0.222 e. The van der Waals surface area contributed by atoms with E-state index in [4.69, 9.17) is 16.2 Å². The largest absolute Gasteiger partial charge is 0.451 e. The van der Waals surface area contributed by atoms with Gasteiger partial charge in [0.05, 0.1) is 24.3 Å². The molecule has 4 N–H and O–H groups in total. The quantitative estimate of drug-likeness (QED) is 0.756. The SMILES string of the molecule is Cc1cc(C(C)C)c(Oc2cnc(N)nc2N)cc1-n1ccnn1. The number of ether oxygens (including phenoxy) is 1. The van der Waals surface area contributed by atoms with Crippen molar-refractivity contribution in [2.24, 2.45) is 0 Å². The van der Waals surface area contributed by atoms with Gasteiger partial charge in [0.15, 0.2) is 11.6 Å². The minimum absolute atomic E-state index is 0.108. The Morgan fingerprint density at radius 2 is 1.96 bits per heavy atom. The van der Waals surface area contributed by atoms with Crippen molar-refractivity contribution in [2.75, 3.05) is 11.5 Å². The Kier molecular flexibility index (Phi) is 4.03. The minimum atomic E-state index is 0.108. The number of hydrogen-bond acceptors (Lipinski definition) is 7. The van der Waals surface area contributed by atoms with Gasteiger partial charge in [0.1, 0.15) is 5.75 Å². The van der Waals surface area contributed by atoms with Gasteiger partial charge < -0.3 is 16.2 Å². The van der Waals surface area contributed by atoms with Crippen LogP contribution in [0.25, 0.3) is 5.69 Å². The molecule has 0 fully saturated rings. The number of rotatable bonds is 4. The summed E-state index contributed by atoms with van der Waals surface area (Å²) in [6.45, 7) is 6.21. The molecule has 24 heavy (non-hydrogen) atoms. The van der Waals surface area contributed by atoms with Crippen molar-refractivity contribution >= 4 is 11.8 Å². The van der Waals surface area contributed by atoms with Crippen molar-refractivity contribution in [1.82, 2.24) is 25.0 Å². The number of nitrogens with two attached hydrogens (primary N) is 2. The van der Waals surface area contributed by atoms with E-state index in [0.717, 1.165) is 16.8 Å². The maximum Gasteiger partial charge on any atom is 0.222 e. The van der Waals surface area contributed by atoms with E-state index in [9.17, 15) is 0 Å². The topological polar surface area (TPSA) is 118 Å². The van der Waals surface area contributed by atoms with Gasteiger partial charge in [-0.15, -0.1) is 5.10 Å². The second-order valence-electron chi connectivity index (χ2n) is 5.76. The third kappa shape index (κ3) is 2.98. The number of aromatic nitrogens is 5. The van der Waals surface area contributed by atoms with E-state index in [0.29, 0.717) is 11.5 Å². The molecule has 0 spiro atoms. The van der Waals surface area contributed by atoms with Crippen LogP contribution in [0.15, 0.2) is 30.7 Å². The molecule has 8 nitrogen and oxygen atoms in total. The standard InChI is InChI=1S/C16H19N7O/c1-9(2)11-6-10(3)12(23-5-4-20-22-23)7-13(11)24-14-8-19-16(18)21-15(14)17/h4-9H,1-3H3,(H4,17,18,19,21). The molecule has 0 amide bonds. The molecule has 0 unspecified atom stereocenters. The molecule has 0 bridgehead atoms. The average Bonchev–Trinajstić information content (AvgIpc) is 3.05. The molecule has 2 heterocycles. The average molecular weight is 325 g/mol. The van der Waals surface area contributed by atoms with E-state index in [-0.39, 0.29) is 17.7 Å². The molecule has 2 aromatic heterocycles. The first-order valence-electron chi connectivity index (χ1n) is 7.52. The maximum absolute atomic E-state index is 5.98. The predicted octanol–water partition coefficient (Wildman–Crippen LogP) is 2.45. The number of aryl methyl sites for hydroxylation is 1. The molecule has 3 aromatic rings. The molecule has 0 aliphatic heterocycles. The van der Waals surface area contributed by atoms with Gasteiger partial charge >= 0.3 is 0 Å². The first kappa shape index (κ1) is 15.7. The summed E-state index contributed by atoms with van der Waals surface area (Å²) in [7, 11) is 0. The summed E-state index contributed by atoms with van der Waals surface area (Å²) in [6.07, 6.45) is 4.88. The highest BCUT2D eigenvalue weighted by molar-refractivity contribution is 5.55. The Bertz CT molecular complexity index is 859. The third-order valence-corrected chi connectivity index (χ3v) is 3.64. The molecule has 0 atom stereocenters. The zero-order valence-corrected chi connectivity index (χ0v) is 13.8. The van der Waals surface area contributed by atoms with Gasteiger partial charge in [-0.1, -0.05) is 19.1 Å². The lowest BCUT2D eigenvalue weighted by Gasteiger charge is -2.17. The van der Waals surface area contributed by atoms with Crippen molar-refractivity contribution in [3.05, 3.63) is 41.9 Å². The van der Waals surface area contributed by atoms with Crippen LogP contribution in [-0.4, -0.2) is 25.0 Å². The molecular formula is C16H19N7O. The lowest BCUT2D eigenvalue weighted by Crippen LogP contribution is -2.05. The van der Waals surface area contributed by atoms with Crippen molar-refractivity contribution < 1.29 is 4.74 Å². The van der Waals surface area contributed by atoms with Crippen LogP contribution in [0.2, 0.25) is 0 Å². The van der Waals surface area contributed by atoms with E-state index in [1.807, 2.05) is 13.0 Å². The summed E-state index contributed by atoms with van der Waals surface area (Å²) in [5, 5.41) is 7.90. The minimum Gasteiger partial charge on any atom is -0.451 e. The van der Waals surface area contributed by atoms with Crippen LogP contribution >= 0.6 is 0 Å². The highest BCUT2D eigenvalue weighted by Gasteiger charge is 2.15. The van der Waals surface area contributed by atoms with Gasteiger partial charge in [0, 0.05) is 6.07 Å². The fourth-order valence-corrected chi connectivity index (χ4v) is 2.42. The molecule has 0 saturated heterocycles. The summed E-state index contributed by atoms with van der Waals surface area (Å²) in [4.78, 5) is 7.86. The van der Waals surface area contributed by atoms with Crippen LogP contribution in [0.4, 0.5) is 11.8 Å². The fourth-order valence-electron chi connectivity index (χ4n) is 2.42.